The highest BCUT2D eigenvalue weighted by Crippen LogP contribution is 2.50. The van der Waals surface area contributed by atoms with Crippen LogP contribution < -0.4 is 20.7 Å². The summed E-state index contributed by atoms with van der Waals surface area (Å²) in [4.78, 5) is 57.2. The van der Waals surface area contributed by atoms with Gasteiger partial charge in [0.1, 0.15) is 48.7 Å². The number of carbonyl (C=O) groups is 4. The molecule has 7 heterocycles. The first-order valence-corrected chi connectivity index (χ1v) is 41.0. The molecule has 6 saturated heterocycles. The lowest BCUT2D eigenvalue weighted by Crippen LogP contribution is -2.73. The number of rotatable bonds is 16. The highest BCUT2D eigenvalue weighted by Gasteiger charge is 2.65. The Kier molecular flexibility index (Phi) is 23.2. The Morgan fingerprint density at radius 2 is 1.07 bits per heavy atom. The van der Waals surface area contributed by atoms with Crippen LogP contribution in [0.25, 0.3) is 0 Å². The summed E-state index contributed by atoms with van der Waals surface area (Å²) in [7, 11) is -6.82. The fraction of sp³-hybridized carbons (Fsp3) is 0.548. The minimum Gasteiger partial charge on any atom is -0.462 e. The SMILES string of the molecule is C=C1C[C@@H]2CC(C)C(=O)CC3O[C@H]4[C@@H](O[Si](c5ccccc5)(c5ccccc5)C(C)(C)C)[C@H]5O[C@H](CC[C@@H]5O[C@H]4[C@H]3O[Si](c3ccccc3)(c3ccccc3)C(C)(C)C)CC(=O)CC3[C@H](CC4O[C@@H](CCC1O2)CC(C)=C4COC(=O)CC)O[C@H](C[C@H](C)COC(=O)c1ccccc1)[C@@H]3C. The lowest BCUT2D eigenvalue weighted by atomic mass is 9.79. The number of Topliss-reactive ketones (excluding diaryl/α,β-unsaturated/α-hetero) is 2. The Bertz CT molecular complexity index is 3550. The van der Waals surface area contributed by atoms with Crippen molar-refractivity contribution in [2.75, 3.05) is 13.2 Å². The lowest BCUT2D eigenvalue weighted by molar-refractivity contribution is -0.254. The largest absolute Gasteiger partial charge is 0.462 e. The average Bonchev–Trinajstić information content (AvgIpc) is 1.34. The van der Waals surface area contributed by atoms with E-state index in [-0.39, 0.29) is 105 Å². The van der Waals surface area contributed by atoms with Crippen molar-refractivity contribution in [2.45, 2.75) is 255 Å². The second kappa shape index (κ2) is 31.5. The Labute approximate surface area is 596 Å². The standard InChI is InChI=1S/C84H108O14Si2/c1-13-76(87)89-52-68-54(3)44-60-39-41-70-56(5)46-62(92-70)45-55(4)69(86)49-75-78(97-99(83(7,8)9,63-31-21-15-22-32-63)64-33-23-16-24-34-64)79-80(96-75)81(98-100(84(10,11)12,65-35-25-17-26-36-65)66-37-27-18-28-38-66)77-71(95-79)42-40-61(93-77)47-59(85)48-67-57(6)72(94-73(67)50-74(68)91-60)43-53(2)51-90-82(88)58-29-19-14-20-30-58/h14-38,53,55,57,60-62,67,70-75,77-81H,5,13,39-52H2,1-4,6-12H3/t53-,55?,57+,60-,61+,62-,67?,70?,71-,72+,73-,74?,75?,77-,78-,79-,80+,81-/m0/s1. The predicted octanol–water partition coefficient (Wildman–Crippen LogP) is 13.5. The van der Waals surface area contributed by atoms with Gasteiger partial charge >= 0.3 is 11.9 Å². The molecule has 0 amide bonds. The monoisotopic (exact) mass is 1400 g/mol. The van der Waals surface area contributed by atoms with Gasteiger partial charge in [-0.3, -0.25) is 14.4 Å². The first kappa shape index (κ1) is 73.7. The third-order valence-corrected chi connectivity index (χ3v) is 33.1. The number of ketones is 2. The molecule has 12 rings (SSSR count). The second-order valence-electron chi connectivity index (χ2n) is 32.1. The molecule has 7 aliphatic heterocycles. The molecule has 5 unspecified atom stereocenters. The molecule has 5 aromatic carbocycles. The molecule has 7 aliphatic rings. The average molecular weight is 1400 g/mol. The molecule has 14 nitrogen and oxygen atoms in total. The molecule has 0 aliphatic carbocycles. The van der Waals surface area contributed by atoms with E-state index in [0.29, 0.717) is 63.4 Å². The van der Waals surface area contributed by atoms with E-state index in [1.54, 1.807) is 19.1 Å². The van der Waals surface area contributed by atoms with Gasteiger partial charge < -0.3 is 46.7 Å². The fourth-order valence-corrected chi connectivity index (χ4v) is 27.1. The minimum atomic E-state index is -3.44. The molecule has 6 fully saturated rings. The van der Waals surface area contributed by atoms with Gasteiger partial charge in [0.25, 0.3) is 16.6 Å². The van der Waals surface area contributed by atoms with Crippen molar-refractivity contribution in [1.82, 2.24) is 0 Å². The zero-order chi connectivity index (χ0) is 70.7. The van der Waals surface area contributed by atoms with Gasteiger partial charge in [-0.05, 0) is 130 Å². The van der Waals surface area contributed by atoms with Gasteiger partial charge in [0.15, 0.2) is 0 Å². The maximum absolute atomic E-state index is 15.5. The van der Waals surface area contributed by atoms with E-state index >= 15 is 9.59 Å². The van der Waals surface area contributed by atoms with Gasteiger partial charge in [-0.15, -0.1) is 0 Å². The summed E-state index contributed by atoms with van der Waals surface area (Å²) >= 11 is 0. The van der Waals surface area contributed by atoms with Gasteiger partial charge in [0, 0.05) is 38.0 Å². The van der Waals surface area contributed by atoms with Gasteiger partial charge in [0.2, 0.25) is 0 Å². The summed E-state index contributed by atoms with van der Waals surface area (Å²) in [6.45, 7) is 28.8. The maximum Gasteiger partial charge on any atom is 0.338 e. The summed E-state index contributed by atoms with van der Waals surface area (Å²) in [5.41, 5.74) is 3.54. The van der Waals surface area contributed by atoms with Crippen molar-refractivity contribution in [3.63, 3.8) is 0 Å². The molecule has 0 aromatic heterocycles. The number of hydrogen-bond donors (Lipinski definition) is 0. The summed E-state index contributed by atoms with van der Waals surface area (Å²) in [5.74, 6) is -1.29. The van der Waals surface area contributed by atoms with Crippen LogP contribution in [0, 0.1) is 23.7 Å². The lowest BCUT2D eigenvalue weighted by Gasteiger charge is -2.53. The number of hydrogen-bond acceptors (Lipinski definition) is 14. The van der Waals surface area contributed by atoms with E-state index in [0.717, 1.165) is 37.5 Å². The van der Waals surface area contributed by atoms with Crippen LogP contribution in [0.5, 0.6) is 0 Å². The number of fused-ring (bicyclic) bond motifs is 7. The normalized spacial score (nSPS) is 31.3. The van der Waals surface area contributed by atoms with Crippen LogP contribution in [0.3, 0.4) is 0 Å². The highest BCUT2D eigenvalue weighted by molar-refractivity contribution is 7.00. The third-order valence-electron chi connectivity index (χ3n) is 23.0. The summed E-state index contributed by atoms with van der Waals surface area (Å²) in [5, 5.41) is 3.52. The molecule has 0 spiro atoms. The van der Waals surface area contributed by atoms with Crippen LogP contribution in [0.15, 0.2) is 175 Å². The van der Waals surface area contributed by atoms with Crippen LogP contribution in [0.1, 0.15) is 170 Å². The van der Waals surface area contributed by atoms with E-state index in [1.165, 1.54) is 0 Å². The third kappa shape index (κ3) is 15.7. The Morgan fingerprint density at radius 3 is 1.64 bits per heavy atom. The van der Waals surface area contributed by atoms with Gasteiger partial charge in [-0.1, -0.05) is 221 Å². The van der Waals surface area contributed by atoms with Crippen LogP contribution in [0.2, 0.25) is 10.1 Å². The zero-order valence-electron chi connectivity index (χ0n) is 60.9. The van der Waals surface area contributed by atoms with E-state index < -0.39 is 93.7 Å². The highest BCUT2D eigenvalue weighted by atomic mass is 28.4. The van der Waals surface area contributed by atoms with Crippen LogP contribution >= 0.6 is 0 Å². The van der Waals surface area contributed by atoms with Crippen LogP contribution in [-0.2, 0) is 61.1 Å². The van der Waals surface area contributed by atoms with E-state index in [1.807, 2.05) is 25.1 Å². The molecule has 0 N–H and O–H groups in total. The zero-order valence-corrected chi connectivity index (χ0v) is 62.9. The summed E-state index contributed by atoms with van der Waals surface area (Å²) in [6, 6.07) is 51.6. The Hall–Kier alpha value is -6.03. The van der Waals surface area contributed by atoms with Crippen molar-refractivity contribution in [1.29, 1.82) is 0 Å². The summed E-state index contributed by atoms with van der Waals surface area (Å²) < 4.78 is 73.0. The maximum atomic E-state index is 15.5. The number of ether oxygens (including phenoxy) is 8. The first-order valence-electron chi connectivity index (χ1n) is 37.2. The smallest absolute Gasteiger partial charge is 0.338 e. The number of carbonyl (C=O) groups excluding carboxylic acids is 4. The second-order valence-corrected chi connectivity index (χ2v) is 40.6. The Morgan fingerprint density at radius 1 is 0.550 bits per heavy atom. The number of esters is 2. The molecule has 0 saturated carbocycles. The quantitative estimate of drug-likeness (QED) is 0.0521. The Balaban J connectivity index is 0.941. The minimum absolute atomic E-state index is 0.0529. The van der Waals surface area contributed by atoms with Crippen molar-refractivity contribution in [3.05, 3.63) is 181 Å². The predicted molar refractivity (Wildman–Crippen MR) is 393 cm³/mol. The molecule has 5 aromatic rings. The first-order chi connectivity index (χ1) is 47.9. The van der Waals surface area contributed by atoms with Gasteiger partial charge in [-0.25, -0.2) is 4.79 Å². The van der Waals surface area contributed by atoms with Crippen LogP contribution in [-0.4, -0.2) is 139 Å². The van der Waals surface area contributed by atoms with Crippen molar-refractivity contribution in [3.8, 4) is 0 Å². The molecule has 100 heavy (non-hydrogen) atoms. The molecular weight excluding hydrogens is 1290 g/mol. The van der Waals surface area contributed by atoms with Crippen molar-refractivity contribution < 1.29 is 65.9 Å². The van der Waals surface area contributed by atoms with E-state index in [4.69, 9.17) is 46.7 Å². The molecule has 16 heteroatoms. The molecule has 8 bridgehead atoms. The molecule has 536 valence electrons. The van der Waals surface area contributed by atoms with Gasteiger partial charge in [-0.2, -0.15) is 0 Å². The topological polar surface area (TPSA) is 161 Å². The van der Waals surface area contributed by atoms with Crippen molar-refractivity contribution >= 4 is 60.9 Å². The molecule has 0 radical (unpaired) electrons. The van der Waals surface area contributed by atoms with E-state index in [2.05, 4.69) is 190 Å². The molecule has 18 atom stereocenters. The van der Waals surface area contributed by atoms with E-state index in [9.17, 15) is 9.59 Å². The summed E-state index contributed by atoms with van der Waals surface area (Å²) in [6.07, 6.45) is -1.17. The molecular formula is C84H108O14Si2. The van der Waals surface area contributed by atoms with Crippen molar-refractivity contribution in [2.24, 2.45) is 23.7 Å². The van der Waals surface area contributed by atoms with Gasteiger partial charge in [0.05, 0.1) is 67.1 Å². The fourth-order valence-electron chi connectivity index (χ4n) is 17.7. The number of benzene rings is 5. The van der Waals surface area contributed by atoms with Crippen LogP contribution in [0.4, 0.5) is 0 Å².